The lowest BCUT2D eigenvalue weighted by atomic mass is 10.4. The van der Waals surface area contributed by atoms with Crippen molar-refractivity contribution < 1.29 is 9.66 Å². The van der Waals surface area contributed by atoms with Crippen molar-refractivity contribution in [2.45, 2.75) is 19.8 Å². The highest BCUT2D eigenvalue weighted by molar-refractivity contribution is 6.28. The van der Waals surface area contributed by atoms with Crippen LogP contribution in [0.15, 0.2) is 6.20 Å². The smallest absolute Gasteiger partial charge is 0.329 e. The fourth-order valence-electron chi connectivity index (χ4n) is 1.25. The van der Waals surface area contributed by atoms with Crippen molar-refractivity contribution in [3.8, 4) is 0 Å². The van der Waals surface area contributed by atoms with Gasteiger partial charge in [0.2, 0.25) is 11.1 Å². The summed E-state index contributed by atoms with van der Waals surface area (Å²) < 4.78 is 5.29. The third kappa shape index (κ3) is 4.80. The van der Waals surface area contributed by atoms with Crippen LogP contribution in [0.3, 0.4) is 0 Å². The number of anilines is 1. The monoisotopic (exact) mass is 274 g/mol. The highest BCUT2D eigenvalue weighted by Crippen LogP contribution is 2.21. The molecule has 100 valence electrons. The summed E-state index contributed by atoms with van der Waals surface area (Å²) in [6.45, 7) is 3.88. The summed E-state index contributed by atoms with van der Waals surface area (Å²) >= 11 is 5.59. The quantitative estimate of drug-likeness (QED) is 0.338. The zero-order valence-electron chi connectivity index (χ0n) is 10.1. The lowest BCUT2D eigenvalue weighted by molar-refractivity contribution is -0.384. The molecule has 7 nitrogen and oxygen atoms in total. The van der Waals surface area contributed by atoms with E-state index in [0.29, 0.717) is 13.2 Å². The molecule has 0 aliphatic rings. The molecule has 8 heteroatoms. The minimum atomic E-state index is -0.549. The summed E-state index contributed by atoms with van der Waals surface area (Å²) in [4.78, 5) is 17.5. The van der Waals surface area contributed by atoms with Gasteiger partial charge < -0.3 is 10.1 Å². The Balaban J connectivity index is 2.45. The largest absolute Gasteiger partial charge is 0.381 e. The van der Waals surface area contributed by atoms with Crippen LogP contribution in [-0.4, -0.2) is 34.6 Å². The first-order valence-corrected chi connectivity index (χ1v) is 6.01. The molecule has 0 aromatic carbocycles. The van der Waals surface area contributed by atoms with Crippen LogP contribution in [0.5, 0.6) is 0 Å². The molecule has 0 saturated heterocycles. The molecule has 0 saturated carbocycles. The topological polar surface area (TPSA) is 90.2 Å². The minimum Gasteiger partial charge on any atom is -0.381 e. The molecule has 1 N–H and O–H groups in total. The number of nitro groups is 1. The molecule has 1 heterocycles. The summed E-state index contributed by atoms with van der Waals surface area (Å²) in [6, 6.07) is 0. The number of halogens is 1. The summed E-state index contributed by atoms with van der Waals surface area (Å²) in [5.41, 5.74) is -0.186. The molecule has 18 heavy (non-hydrogen) atoms. The molecule has 1 aromatic rings. The van der Waals surface area contributed by atoms with Crippen molar-refractivity contribution >= 4 is 23.1 Å². The van der Waals surface area contributed by atoms with E-state index in [1.165, 1.54) is 0 Å². The van der Waals surface area contributed by atoms with E-state index in [1.54, 1.807) is 0 Å². The number of aromatic nitrogens is 2. The maximum atomic E-state index is 10.7. The van der Waals surface area contributed by atoms with Gasteiger partial charge in [0.15, 0.2) is 0 Å². The number of nitrogens with one attached hydrogen (secondary N) is 1. The van der Waals surface area contributed by atoms with Crippen LogP contribution in [0.2, 0.25) is 5.28 Å². The number of rotatable bonds is 8. The zero-order valence-corrected chi connectivity index (χ0v) is 10.8. The van der Waals surface area contributed by atoms with Gasteiger partial charge in [-0.15, -0.1) is 0 Å². The van der Waals surface area contributed by atoms with Gasteiger partial charge in [0.05, 0.1) is 4.92 Å². The van der Waals surface area contributed by atoms with Crippen LogP contribution in [0.4, 0.5) is 11.5 Å². The molecule has 0 amide bonds. The van der Waals surface area contributed by atoms with Gasteiger partial charge in [0.25, 0.3) is 0 Å². The van der Waals surface area contributed by atoms with Crippen LogP contribution in [-0.2, 0) is 4.74 Å². The standard InChI is InChI=1S/C10H15ClN4O3/c1-2-5-18-6-3-4-12-9-8(15(16)17)7-13-10(11)14-9/h7H,2-6H2,1H3,(H,12,13,14). The second kappa shape index (κ2) is 7.78. The van der Waals surface area contributed by atoms with Crippen LogP contribution in [0, 0.1) is 10.1 Å². The van der Waals surface area contributed by atoms with Gasteiger partial charge >= 0.3 is 5.69 Å². The average Bonchev–Trinajstić information content (AvgIpc) is 2.33. The molecular weight excluding hydrogens is 260 g/mol. The number of hydrogen-bond donors (Lipinski definition) is 1. The van der Waals surface area contributed by atoms with E-state index in [4.69, 9.17) is 16.3 Å². The van der Waals surface area contributed by atoms with E-state index in [2.05, 4.69) is 15.3 Å². The van der Waals surface area contributed by atoms with E-state index < -0.39 is 4.92 Å². The maximum absolute atomic E-state index is 10.7. The fraction of sp³-hybridized carbons (Fsp3) is 0.600. The third-order valence-corrected chi connectivity index (χ3v) is 2.23. The Morgan fingerprint density at radius 3 is 3.00 bits per heavy atom. The molecule has 0 fully saturated rings. The first-order chi connectivity index (χ1) is 8.65. The van der Waals surface area contributed by atoms with Crippen LogP contribution in [0.1, 0.15) is 19.8 Å². The second-order valence-corrected chi connectivity index (χ2v) is 3.86. The predicted octanol–water partition coefficient (Wildman–Crippen LogP) is 2.27. The maximum Gasteiger partial charge on any atom is 0.329 e. The molecule has 0 bridgehead atoms. The average molecular weight is 275 g/mol. The Morgan fingerprint density at radius 2 is 2.33 bits per heavy atom. The number of ether oxygens (including phenoxy) is 1. The SMILES string of the molecule is CCCOCCCNc1nc(Cl)ncc1[N+](=O)[O-]. The molecule has 0 unspecified atom stereocenters. The van der Waals surface area contributed by atoms with Crippen LogP contribution in [0.25, 0.3) is 0 Å². The molecule has 1 rings (SSSR count). The predicted molar refractivity (Wildman–Crippen MR) is 67.9 cm³/mol. The van der Waals surface area contributed by atoms with Gasteiger partial charge in [-0.2, -0.15) is 4.98 Å². The zero-order chi connectivity index (χ0) is 13.4. The van der Waals surface area contributed by atoms with Gasteiger partial charge in [-0.3, -0.25) is 10.1 Å². The van der Waals surface area contributed by atoms with Crippen LogP contribution >= 0.6 is 11.6 Å². The molecule has 0 aliphatic heterocycles. The Hall–Kier alpha value is -1.47. The summed E-state index contributed by atoms with van der Waals surface area (Å²) in [5, 5.41) is 13.6. The highest BCUT2D eigenvalue weighted by Gasteiger charge is 2.16. The summed E-state index contributed by atoms with van der Waals surface area (Å²) in [7, 11) is 0. The van der Waals surface area contributed by atoms with Crippen LogP contribution < -0.4 is 5.32 Å². The number of nitrogens with zero attached hydrogens (tertiary/aromatic N) is 3. The molecule has 1 aromatic heterocycles. The van der Waals surface area contributed by atoms with Crippen molar-refractivity contribution in [1.82, 2.24) is 9.97 Å². The Bertz CT molecular complexity index is 403. The molecular formula is C10H15ClN4O3. The van der Waals surface area contributed by atoms with E-state index in [-0.39, 0.29) is 16.8 Å². The summed E-state index contributed by atoms with van der Waals surface area (Å²) in [6.07, 6.45) is 2.80. The Labute approximate surface area is 110 Å². The first-order valence-electron chi connectivity index (χ1n) is 5.63. The third-order valence-electron chi connectivity index (χ3n) is 2.04. The molecule has 0 atom stereocenters. The second-order valence-electron chi connectivity index (χ2n) is 3.52. The van der Waals surface area contributed by atoms with Crippen molar-refractivity contribution in [2.75, 3.05) is 25.1 Å². The van der Waals surface area contributed by atoms with Gasteiger partial charge in [-0.05, 0) is 24.4 Å². The van der Waals surface area contributed by atoms with E-state index in [0.717, 1.165) is 25.6 Å². The highest BCUT2D eigenvalue weighted by atomic mass is 35.5. The van der Waals surface area contributed by atoms with Gasteiger partial charge in [-0.25, -0.2) is 4.98 Å². The lowest BCUT2D eigenvalue weighted by Crippen LogP contribution is -2.09. The van der Waals surface area contributed by atoms with Gasteiger partial charge in [0.1, 0.15) is 6.20 Å². The van der Waals surface area contributed by atoms with Gasteiger partial charge in [-0.1, -0.05) is 6.92 Å². The first kappa shape index (κ1) is 14.6. The Morgan fingerprint density at radius 1 is 1.56 bits per heavy atom. The van der Waals surface area contributed by atoms with E-state index in [1.807, 2.05) is 6.92 Å². The molecule has 0 aliphatic carbocycles. The van der Waals surface area contributed by atoms with E-state index >= 15 is 0 Å². The normalized spacial score (nSPS) is 10.3. The number of hydrogen-bond acceptors (Lipinski definition) is 6. The van der Waals surface area contributed by atoms with Gasteiger partial charge in [0, 0.05) is 19.8 Å². The van der Waals surface area contributed by atoms with Crippen molar-refractivity contribution in [3.63, 3.8) is 0 Å². The van der Waals surface area contributed by atoms with Crippen molar-refractivity contribution in [1.29, 1.82) is 0 Å². The minimum absolute atomic E-state index is 0.0228. The van der Waals surface area contributed by atoms with Crippen molar-refractivity contribution in [2.24, 2.45) is 0 Å². The summed E-state index contributed by atoms with van der Waals surface area (Å²) in [5.74, 6) is 0.135. The van der Waals surface area contributed by atoms with Crippen molar-refractivity contribution in [3.05, 3.63) is 21.6 Å². The Kier molecular flexibility index (Phi) is 6.31. The lowest BCUT2D eigenvalue weighted by Gasteiger charge is -2.06. The molecule has 0 radical (unpaired) electrons. The van der Waals surface area contributed by atoms with E-state index in [9.17, 15) is 10.1 Å². The molecule has 0 spiro atoms. The fourth-order valence-corrected chi connectivity index (χ4v) is 1.38.